The van der Waals surface area contributed by atoms with Crippen LogP contribution in [0.1, 0.15) is 66.7 Å². The van der Waals surface area contributed by atoms with Crippen molar-refractivity contribution in [1.82, 2.24) is 0 Å². The SMILES string of the molecule is CCN(CC)c1ccc(C(=O)CCCCCCOC(=O)c2ccccc2)c(O)c1. The quantitative estimate of drug-likeness (QED) is 0.302. The van der Waals surface area contributed by atoms with Gasteiger partial charge < -0.3 is 14.7 Å². The number of phenols is 1. The number of Topliss-reactive ketones (excluding diaryl/α,β-unsaturated/α-hetero) is 1. The molecule has 0 aromatic heterocycles. The normalized spacial score (nSPS) is 10.6. The summed E-state index contributed by atoms with van der Waals surface area (Å²) in [5.41, 5.74) is 1.87. The van der Waals surface area contributed by atoms with Gasteiger partial charge in [0.2, 0.25) is 0 Å². The fourth-order valence-corrected chi connectivity index (χ4v) is 3.24. The molecule has 0 saturated heterocycles. The molecule has 1 N–H and O–H groups in total. The number of carbonyl (C=O) groups excluding carboxylic acids is 2. The number of rotatable bonds is 12. The lowest BCUT2D eigenvalue weighted by Gasteiger charge is -2.21. The molecule has 0 unspecified atom stereocenters. The Morgan fingerprint density at radius 1 is 0.931 bits per heavy atom. The number of hydrogen-bond donors (Lipinski definition) is 1. The molecule has 0 bridgehead atoms. The molecule has 0 spiro atoms. The van der Waals surface area contributed by atoms with Crippen LogP contribution in [0.3, 0.4) is 0 Å². The van der Waals surface area contributed by atoms with Gasteiger partial charge in [0, 0.05) is 31.3 Å². The first-order valence-electron chi connectivity index (χ1n) is 10.4. The predicted molar refractivity (Wildman–Crippen MR) is 116 cm³/mol. The standard InChI is InChI=1S/C24H31NO4/c1-3-25(4-2)20-15-16-21(23(27)18-20)22(26)14-10-5-6-11-17-29-24(28)19-12-8-7-9-13-19/h7-9,12-13,15-16,18,27H,3-6,10-11,14,17H2,1-2H3. The summed E-state index contributed by atoms with van der Waals surface area (Å²) >= 11 is 0. The molecular formula is C24H31NO4. The number of ketones is 1. The number of unbranched alkanes of at least 4 members (excludes halogenated alkanes) is 3. The fourth-order valence-electron chi connectivity index (χ4n) is 3.24. The minimum absolute atomic E-state index is 0.0379. The second-order valence-electron chi connectivity index (χ2n) is 6.96. The minimum Gasteiger partial charge on any atom is -0.507 e. The van der Waals surface area contributed by atoms with Crippen molar-refractivity contribution in [2.45, 2.75) is 46.0 Å². The van der Waals surface area contributed by atoms with Crippen LogP contribution in [0.25, 0.3) is 0 Å². The lowest BCUT2D eigenvalue weighted by atomic mass is 10.0. The van der Waals surface area contributed by atoms with Crippen molar-refractivity contribution in [1.29, 1.82) is 0 Å². The first kappa shape index (κ1) is 22.5. The molecule has 0 atom stereocenters. The Hall–Kier alpha value is -2.82. The lowest BCUT2D eigenvalue weighted by Crippen LogP contribution is -2.21. The Labute approximate surface area is 173 Å². The number of anilines is 1. The van der Waals surface area contributed by atoms with Crippen molar-refractivity contribution < 1.29 is 19.4 Å². The third-order valence-corrected chi connectivity index (χ3v) is 4.95. The van der Waals surface area contributed by atoms with Gasteiger partial charge in [0.15, 0.2) is 5.78 Å². The lowest BCUT2D eigenvalue weighted by molar-refractivity contribution is 0.0497. The molecular weight excluding hydrogens is 366 g/mol. The van der Waals surface area contributed by atoms with Crippen molar-refractivity contribution >= 4 is 17.4 Å². The van der Waals surface area contributed by atoms with Crippen LogP contribution in [-0.4, -0.2) is 36.6 Å². The Balaban J connectivity index is 1.66. The van der Waals surface area contributed by atoms with Gasteiger partial charge in [-0.05, 0) is 51.0 Å². The summed E-state index contributed by atoms with van der Waals surface area (Å²) < 4.78 is 5.25. The van der Waals surface area contributed by atoms with Crippen LogP contribution in [0.4, 0.5) is 5.69 Å². The van der Waals surface area contributed by atoms with Gasteiger partial charge >= 0.3 is 5.97 Å². The average Bonchev–Trinajstić information content (AvgIpc) is 2.74. The zero-order valence-electron chi connectivity index (χ0n) is 17.4. The van der Waals surface area contributed by atoms with E-state index in [1.165, 1.54) is 0 Å². The topological polar surface area (TPSA) is 66.8 Å². The number of carbonyl (C=O) groups is 2. The van der Waals surface area contributed by atoms with Crippen molar-refractivity contribution in [3.63, 3.8) is 0 Å². The molecule has 0 aliphatic rings. The van der Waals surface area contributed by atoms with Crippen molar-refractivity contribution in [3.05, 3.63) is 59.7 Å². The van der Waals surface area contributed by atoms with Gasteiger partial charge in [-0.1, -0.05) is 31.0 Å². The van der Waals surface area contributed by atoms with Gasteiger partial charge in [-0.15, -0.1) is 0 Å². The number of nitrogens with zero attached hydrogens (tertiary/aromatic N) is 1. The van der Waals surface area contributed by atoms with Crippen LogP contribution in [0.15, 0.2) is 48.5 Å². The van der Waals surface area contributed by atoms with E-state index in [2.05, 4.69) is 18.7 Å². The van der Waals surface area contributed by atoms with Gasteiger partial charge in [0.25, 0.3) is 0 Å². The van der Waals surface area contributed by atoms with E-state index in [-0.39, 0.29) is 17.5 Å². The summed E-state index contributed by atoms with van der Waals surface area (Å²) in [6.07, 6.45) is 3.70. The smallest absolute Gasteiger partial charge is 0.338 e. The third kappa shape index (κ3) is 6.93. The van der Waals surface area contributed by atoms with Gasteiger partial charge in [0.05, 0.1) is 17.7 Å². The van der Waals surface area contributed by atoms with E-state index in [1.54, 1.807) is 24.3 Å². The molecule has 0 amide bonds. The van der Waals surface area contributed by atoms with E-state index >= 15 is 0 Å². The highest BCUT2D eigenvalue weighted by Gasteiger charge is 2.13. The maximum atomic E-state index is 12.4. The fraction of sp³-hybridized carbons (Fsp3) is 0.417. The van der Waals surface area contributed by atoms with Crippen LogP contribution in [0.5, 0.6) is 5.75 Å². The van der Waals surface area contributed by atoms with E-state index < -0.39 is 0 Å². The van der Waals surface area contributed by atoms with Crippen LogP contribution >= 0.6 is 0 Å². The minimum atomic E-state index is -0.301. The molecule has 2 aromatic rings. The van der Waals surface area contributed by atoms with Crippen molar-refractivity contribution in [3.8, 4) is 5.75 Å². The molecule has 2 aromatic carbocycles. The third-order valence-electron chi connectivity index (χ3n) is 4.95. The Kier molecular flexibility index (Phi) is 9.22. The summed E-state index contributed by atoms with van der Waals surface area (Å²) in [6, 6.07) is 14.2. The maximum Gasteiger partial charge on any atom is 0.338 e. The highest BCUT2D eigenvalue weighted by Crippen LogP contribution is 2.26. The Bertz CT molecular complexity index is 785. The number of phenolic OH excluding ortho intramolecular Hbond substituents is 1. The van der Waals surface area contributed by atoms with Gasteiger partial charge in [0.1, 0.15) is 5.75 Å². The van der Waals surface area contributed by atoms with Crippen LogP contribution in [-0.2, 0) is 4.74 Å². The molecule has 5 nitrogen and oxygen atoms in total. The highest BCUT2D eigenvalue weighted by molar-refractivity contribution is 5.99. The molecule has 156 valence electrons. The van der Waals surface area contributed by atoms with Crippen LogP contribution in [0, 0.1) is 0 Å². The number of benzene rings is 2. The molecule has 0 heterocycles. The second kappa shape index (κ2) is 11.9. The maximum absolute atomic E-state index is 12.4. The largest absolute Gasteiger partial charge is 0.507 e. The summed E-state index contributed by atoms with van der Waals surface area (Å²) in [4.78, 5) is 26.3. The molecule has 0 aliphatic carbocycles. The molecule has 2 rings (SSSR count). The average molecular weight is 398 g/mol. The Morgan fingerprint density at radius 2 is 1.62 bits per heavy atom. The summed E-state index contributed by atoms with van der Waals surface area (Å²) in [5.74, 6) is -0.291. The Morgan fingerprint density at radius 3 is 2.28 bits per heavy atom. The summed E-state index contributed by atoms with van der Waals surface area (Å²) in [5, 5.41) is 10.2. The van der Waals surface area contributed by atoms with E-state index in [9.17, 15) is 14.7 Å². The number of ether oxygens (including phenoxy) is 1. The summed E-state index contributed by atoms with van der Waals surface area (Å²) in [7, 11) is 0. The van der Waals surface area contributed by atoms with E-state index in [1.807, 2.05) is 24.3 Å². The number of esters is 1. The number of aromatic hydroxyl groups is 1. The molecule has 0 fully saturated rings. The summed E-state index contributed by atoms with van der Waals surface area (Å²) in [6.45, 7) is 6.20. The zero-order chi connectivity index (χ0) is 21.1. The van der Waals surface area contributed by atoms with Gasteiger partial charge in [-0.2, -0.15) is 0 Å². The van der Waals surface area contributed by atoms with E-state index in [0.717, 1.165) is 44.5 Å². The number of hydrogen-bond acceptors (Lipinski definition) is 5. The van der Waals surface area contributed by atoms with Crippen molar-refractivity contribution in [2.75, 3.05) is 24.6 Å². The predicted octanol–water partition coefficient (Wildman–Crippen LogP) is 5.23. The second-order valence-corrected chi connectivity index (χ2v) is 6.96. The van der Waals surface area contributed by atoms with Gasteiger partial charge in [-0.25, -0.2) is 4.79 Å². The van der Waals surface area contributed by atoms with Crippen LogP contribution < -0.4 is 4.90 Å². The highest BCUT2D eigenvalue weighted by atomic mass is 16.5. The van der Waals surface area contributed by atoms with Crippen LogP contribution in [0.2, 0.25) is 0 Å². The molecule has 0 radical (unpaired) electrons. The molecule has 5 heteroatoms. The van der Waals surface area contributed by atoms with E-state index in [4.69, 9.17) is 4.74 Å². The molecule has 29 heavy (non-hydrogen) atoms. The van der Waals surface area contributed by atoms with Gasteiger partial charge in [-0.3, -0.25) is 4.79 Å². The molecule has 0 aliphatic heterocycles. The van der Waals surface area contributed by atoms with E-state index in [0.29, 0.717) is 24.2 Å². The van der Waals surface area contributed by atoms with Crippen molar-refractivity contribution in [2.24, 2.45) is 0 Å². The molecule has 0 saturated carbocycles. The monoisotopic (exact) mass is 397 g/mol. The first-order chi connectivity index (χ1) is 14.1. The first-order valence-corrected chi connectivity index (χ1v) is 10.4. The zero-order valence-corrected chi connectivity index (χ0v) is 17.4.